The fourth-order valence-corrected chi connectivity index (χ4v) is 2.12. The number of carbonyl (C=O) groups is 1. The minimum atomic E-state index is -0.0556. The van der Waals surface area contributed by atoms with E-state index in [9.17, 15) is 4.79 Å². The average molecular weight is 347 g/mol. The predicted octanol–water partition coefficient (Wildman–Crippen LogP) is 2.91. The molecule has 0 amide bonds. The fourth-order valence-electron chi connectivity index (χ4n) is 1.37. The van der Waals surface area contributed by atoms with Crippen molar-refractivity contribution in [3.05, 3.63) is 50.3 Å². The lowest BCUT2D eigenvalue weighted by Crippen LogP contribution is -2.02. The van der Waals surface area contributed by atoms with E-state index in [4.69, 9.17) is 11.6 Å². The molecule has 0 aliphatic heterocycles. The summed E-state index contributed by atoms with van der Waals surface area (Å²) >= 11 is 8.00. The molecule has 2 aromatic rings. The molecule has 82 valence electrons. The summed E-state index contributed by atoms with van der Waals surface area (Å²) in [5.74, 6) is -0.0556. The lowest BCUT2D eigenvalue weighted by atomic mass is 10.1. The molecule has 0 radical (unpaired) electrons. The highest BCUT2D eigenvalue weighted by atomic mass is 127. The van der Waals surface area contributed by atoms with Gasteiger partial charge in [-0.2, -0.15) is 5.10 Å². The second-order valence-electron chi connectivity index (χ2n) is 3.36. The summed E-state index contributed by atoms with van der Waals surface area (Å²) in [6.07, 6.45) is 3.25. The monoisotopic (exact) mass is 346 g/mol. The van der Waals surface area contributed by atoms with E-state index in [2.05, 4.69) is 27.7 Å². The molecule has 0 aliphatic rings. The van der Waals surface area contributed by atoms with E-state index in [-0.39, 0.29) is 5.78 Å². The number of aryl methyl sites for hydroxylation is 1. The lowest BCUT2D eigenvalue weighted by molar-refractivity contribution is 0.103. The number of carbonyl (C=O) groups excluding carboxylic acids is 1. The second-order valence-corrected chi connectivity index (χ2v) is 4.95. The Morgan fingerprint density at radius 1 is 1.50 bits per heavy atom. The van der Waals surface area contributed by atoms with Gasteiger partial charge in [-0.25, -0.2) is 0 Å². The molecule has 1 aromatic heterocycles. The van der Waals surface area contributed by atoms with Gasteiger partial charge in [0.2, 0.25) is 0 Å². The van der Waals surface area contributed by atoms with E-state index >= 15 is 0 Å². The number of ketones is 1. The zero-order chi connectivity index (χ0) is 11.7. The first kappa shape index (κ1) is 11.6. The van der Waals surface area contributed by atoms with Gasteiger partial charge in [-0.1, -0.05) is 11.6 Å². The summed E-state index contributed by atoms with van der Waals surface area (Å²) in [5.41, 5.74) is 1.18. The third kappa shape index (κ3) is 2.27. The van der Waals surface area contributed by atoms with E-state index < -0.39 is 0 Å². The van der Waals surface area contributed by atoms with E-state index in [1.165, 1.54) is 0 Å². The van der Waals surface area contributed by atoms with Gasteiger partial charge in [0.25, 0.3) is 0 Å². The number of aromatic nitrogens is 2. The highest BCUT2D eigenvalue weighted by Crippen LogP contribution is 2.20. The summed E-state index contributed by atoms with van der Waals surface area (Å²) < 4.78 is 2.49. The average Bonchev–Trinajstić information content (AvgIpc) is 2.67. The lowest BCUT2D eigenvalue weighted by Gasteiger charge is -2.02. The zero-order valence-corrected chi connectivity index (χ0v) is 11.4. The molecule has 0 fully saturated rings. The number of nitrogens with zero attached hydrogens (tertiary/aromatic N) is 2. The van der Waals surface area contributed by atoms with Crippen molar-refractivity contribution in [2.24, 2.45) is 7.05 Å². The van der Waals surface area contributed by atoms with Crippen LogP contribution in [-0.4, -0.2) is 15.6 Å². The van der Waals surface area contributed by atoms with Gasteiger partial charge in [0.05, 0.1) is 11.8 Å². The van der Waals surface area contributed by atoms with E-state index in [0.717, 1.165) is 3.57 Å². The number of hydrogen-bond acceptors (Lipinski definition) is 2. The standard InChI is InChI=1S/C11H8ClIN2O/c1-15-6-7(5-14-15)11(16)9-4-8(12)2-3-10(9)13/h2-6H,1H3. The van der Waals surface area contributed by atoms with E-state index in [1.807, 2.05) is 6.07 Å². The molecule has 0 saturated carbocycles. The highest BCUT2D eigenvalue weighted by molar-refractivity contribution is 14.1. The van der Waals surface area contributed by atoms with Gasteiger partial charge in [-0.05, 0) is 40.8 Å². The number of halogens is 2. The van der Waals surface area contributed by atoms with Crippen molar-refractivity contribution in [3.8, 4) is 0 Å². The maximum Gasteiger partial charge on any atom is 0.197 e. The van der Waals surface area contributed by atoms with Crippen LogP contribution in [0.2, 0.25) is 5.02 Å². The quantitative estimate of drug-likeness (QED) is 0.619. The summed E-state index contributed by atoms with van der Waals surface area (Å²) in [6.45, 7) is 0. The maximum absolute atomic E-state index is 12.1. The number of benzene rings is 1. The van der Waals surface area contributed by atoms with Crippen LogP contribution in [-0.2, 0) is 7.05 Å². The van der Waals surface area contributed by atoms with Crippen molar-refractivity contribution in [2.45, 2.75) is 0 Å². The van der Waals surface area contributed by atoms with Crippen LogP contribution < -0.4 is 0 Å². The summed E-state index contributed by atoms with van der Waals surface area (Å²) in [4.78, 5) is 12.1. The molecule has 2 rings (SSSR count). The topological polar surface area (TPSA) is 34.9 Å². The molecule has 0 bridgehead atoms. The van der Waals surface area contributed by atoms with Crippen LogP contribution in [0.1, 0.15) is 15.9 Å². The predicted molar refractivity (Wildman–Crippen MR) is 70.8 cm³/mol. The Bertz CT molecular complexity index is 551. The molecule has 1 heterocycles. The van der Waals surface area contributed by atoms with Gasteiger partial charge in [0.15, 0.2) is 5.78 Å². The molecule has 5 heteroatoms. The van der Waals surface area contributed by atoms with Crippen molar-refractivity contribution in [1.82, 2.24) is 9.78 Å². The SMILES string of the molecule is Cn1cc(C(=O)c2cc(Cl)ccc2I)cn1. The van der Waals surface area contributed by atoms with E-state index in [1.54, 1.807) is 36.3 Å². The molecule has 0 saturated heterocycles. The minimum Gasteiger partial charge on any atom is -0.288 e. The molecule has 0 N–H and O–H groups in total. The van der Waals surface area contributed by atoms with Crippen LogP contribution in [0, 0.1) is 3.57 Å². The first-order valence-electron chi connectivity index (χ1n) is 4.56. The van der Waals surface area contributed by atoms with Gasteiger partial charge in [0, 0.05) is 27.4 Å². The van der Waals surface area contributed by atoms with Gasteiger partial charge in [-0.3, -0.25) is 9.48 Å². The largest absolute Gasteiger partial charge is 0.288 e. The number of rotatable bonds is 2. The smallest absolute Gasteiger partial charge is 0.197 e. The Morgan fingerprint density at radius 2 is 2.25 bits per heavy atom. The summed E-state index contributed by atoms with van der Waals surface area (Å²) in [7, 11) is 1.78. The third-order valence-corrected chi connectivity index (χ3v) is 3.32. The van der Waals surface area contributed by atoms with Crippen molar-refractivity contribution in [1.29, 1.82) is 0 Å². The Morgan fingerprint density at radius 3 is 2.88 bits per heavy atom. The van der Waals surface area contributed by atoms with Gasteiger partial charge in [-0.15, -0.1) is 0 Å². The molecule has 3 nitrogen and oxygen atoms in total. The molecule has 1 aromatic carbocycles. The molecule has 16 heavy (non-hydrogen) atoms. The van der Waals surface area contributed by atoms with Crippen LogP contribution in [0.4, 0.5) is 0 Å². The van der Waals surface area contributed by atoms with Crippen molar-refractivity contribution < 1.29 is 4.79 Å². The first-order chi connectivity index (χ1) is 7.58. The van der Waals surface area contributed by atoms with Crippen molar-refractivity contribution in [3.63, 3.8) is 0 Å². The van der Waals surface area contributed by atoms with Crippen LogP contribution in [0.25, 0.3) is 0 Å². The van der Waals surface area contributed by atoms with E-state index in [0.29, 0.717) is 16.1 Å². The number of hydrogen-bond donors (Lipinski definition) is 0. The molecule has 0 unspecified atom stereocenters. The van der Waals surface area contributed by atoms with Crippen LogP contribution >= 0.6 is 34.2 Å². The summed E-state index contributed by atoms with van der Waals surface area (Å²) in [6, 6.07) is 5.27. The molecular formula is C11H8ClIN2O. The molecular weight excluding hydrogens is 338 g/mol. The van der Waals surface area contributed by atoms with Crippen LogP contribution in [0.3, 0.4) is 0 Å². The first-order valence-corrected chi connectivity index (χ1v) is 6.02. The minimum absolute atomic E-state index is 0.0556. The zero-order valence-electron chi connectivity index (χ0n) is 8.45. The van der Waals surface area contributed by atoms with Crippen LogP contribution in [0.15, 0.2) is 30.6 Å². The normalized spacial score (nSPS) is 10.4. The summed E-state index contributed by atoms with van der Waals surface area (Å²) in [5, 5.41) is 4.54. The highest BCUT2D eigenvalue weighted by Gasteiger charge is 2.14. The van der Waals surface area contributed by atoms with Gasteiger partial charge < -0.3 is 0 Å². The second kappa shape index (κ2) is 4.55. The Balaban J connectivity index is 2.45. The molecule has 0 spiro atoms. The Labute approximate surface area is 112 Å². The van der Waals surface area contributed by atoms with Gasteiger partial charge >= 0.3 is 0 Å². The molecule has 0 aliphatic carbocycles. The molecule has 0 atom stereocenters. The Hall–Kier alpha value is -0.880. The van der Waals surface area contributed by atoms with Gasteiger partial charge in [0.1, 0.15) is 0 Å². The third-order valence-electron chi connectivity index (χ3n) is 2.14. The van der Waals surface area contributed by atoms with Crippen molar-refractivity contribution in [2.75, 3.05) is 0 Å². The fraction of sp³-hybridized carbons (Fsp3) is 0.0909. The maximum atomic E-state index is 12.1. The van der Waals surface area contributed by atoms with Crippen LogP contribution in [0.5, 0.6) is 0 Å². The Kier molecular flexibility index (Phi) is 3.30. The van der Waals surface area contributed by atoms with Crippen molar-refractivity contribution >= 4 is 40.0 Å².